The Kier molecular flexibility index (Phi) is 6.69. The molecule has 2 aliphatic carbocycles. The van der Waals surface area contributed by atoms with Gasteiger partial charge in [-0.2, -0.15) is 0 Å². The molecule has 16 heavy (non-hydrogen) atoms. The lowest BCUT2D eigenvalue weighted by molar-refractivity contribution is 0.702. The van der Waals surface area contributed by atoms with Crippen LogP contribution in [0.15, 0.2) is 0 Å². The van der Waals surface area contributed by atoms with Gasteiger partial charge < -0.3 is 0 Å². The van der Waals surface area contributed by atoms with Crippen LogP contribution < -0.4 is 0 Å². The SMILES string of the molecule is C1CCCC(PPC2CCCCCC2)CC1. The molecule has 2 unspecified atom stereocenters. The molecule has 2 aliphatic rings. The van der Waals surface area contributed by atoms with Crippen LogP contribution in [-0.2, 0) is 0 Å². The molecule has 0 heterocycles. The molecule has 2 rings (SSSR count). The average molecular weight is 258 g/mol. The summed E-state index contributed by atoms with van der Waals surface area (Å²) in [5.74, 6) is 0. The molecule has 0 aromatic carbocycles. The fourth-order valence-corrected chi connectivity index (χ4v) is 8.09. The predicted octanol–water partition coefficient (Wildman–Crippen LogP) is 5.70. The summed E-state index contributed by atoms with van der Waals surface area (Å²) in [5.41, 5.74) is 2.29. The van der Waals surface area contributed by atoms with Gasteiger partial charge in [0.15, 0.2) is 0 Å². The third-order valence-corrected chi connectivity index (χ3v) is 9.29. The van der Waals surface area contributed by atoms with E-state index in [0.29, 0.717) is 0 Å². The summed E-state index contributed by atoms with van der Waals surface area (Å²) in [6.45, 7) is 0. The van der Waals surface area contributed by atoms with Gasteiger partial charge in [-0.15, -0.1) is 0 Å². The van der Waals surface area contributed by atoms with Gasteiger partial charge in [0.1, 0.15) is 0 Å². The maximum Gasteiger partial charge on any atom is -0.0200 e. The predicted molar refractivity (Wildman–Crippen MR) is 79.6 cm³/mol. The second kappa shape index (κ2) is 8.05. The van der Waals surface area contributed by atoms with Gasteiger partial charge in [0.25, 0.3) is 0 Å². The summed E-state index contributed by atoms with van der Waals surface area (Å²) in [5, 5.41) is 0. The molecule has 0 radical (unpaired) electrons. The molecule has 94 valence electrons. The van der Waals surface area contributed by atoms with Crippen LogP contribution in [0.5, 0.6) is 0 Å². The Morgan fingerprint density at radius 1 is 0.438 bits per heavy atom. The molecule has 2 saturated carbocycles. The van der Waals surface area contributed by atoms with Crippen LogP contribution in [-0.4, -0.2) is 11.3 Å². The number of hydrogen-bond acceptors (Lipinski definition) is 0. The van der Waals surface area contributed by atoms with Crippen molar-refractivity contribution in [3.63, 3.8) is 0 Å². The third-order valence-electron chi connectivity index (χ3n) is 4.20. The van der Waals surface area contributed by atoms with Crippen LogP contribution >= 0.6 is 16.5 Å². The van der Waals surface area contributed by atoms with Crippen molar-refractivity contribution < 1.29 is 0 Å². The largest absolute Gasteiger partial charge is 0.0958 e. The Morgan fingerprint density at radius 3 is 1.06 bits per heavy atom. The maximum absolute atomic E-state index is 1.57. The standard InChI is InChI=1S/C14H28P2/c1-2-6-10-13(9-5-1)15-16-14-11-7-3-4-8-12-14/h13-16H,1-12H2. The molecule has 0 aromatic heterocycles. The maximum atomic E-state index is 1.57. The van der Waals surface area contributed by atoms with Gasteiger partial charge in [-0.25, -0.2) is 0 Å². The van der Waals surface area contributed by atoms with Crippen LogP contribution in [0.2, 0.25) is 0 Å². The van der Waals surface area contributed by atoms with Crippen molar-refractivity contribution in [2.45, 2.75) is 88.4 Å². The van der Waals surface area contributed by atoms with Gasteiger partial charge in [0, 0.05) is 0 Å². The number of rotatable bonds is 3. The van der Waals surface area contributed by atoms with Crippen molar-refractivity contribution >= 4 is 16.5 Å². The van der Waals surface area contributed by atoms with E-state index in [2.05, 4.69) is 0 Å². The monoisotopic (exact) mass is 258 g/mol. The Hall–Kier alpha value is 0.860. The minimum Gasteiger partial charge on any atom is -0.0958 e. The first kappa shape index (κ1) is 13.3. The Balaban J connectivity index is 1.64. The average Bonchev–Trinajstić information content (AvgIpc) is 2.71. The van der Waals surface area contributed by atoms with Crippen molar-refractivity contribution in [3.8, 4) is 0 Å². The van der Waals surface area contributed by atoms with Gasteiger partial charge in [0.05, 0.1) is 0 Å². The highest BCUT2D eigenvalue weighted by Crippen LogP contribution is 2.51. The number of hydrogen-bond donors (Lipinski definition) is 0. The lowest BCUT2D eigenvalue weighted by atomic mass is 10.2. The van der Waals surface area contributed by atoms with Crippen LogP contribution in [0.3, 0.4) is 0 Å². The van der Waals surface area contributed by atoms with E-state index in [1.54, 1.807) is 25.7 Å². The van der Waals surface area contributed by atoms with E-state index in [1.165, 1.54) is 67.9 Å². The van der Waals surface area contributed by atoms with Crippen molar-refractivity contribution in [2.75, 3.05) is 0 Å². The fraction of sp³-hybridized carbons (Fsp3) is 1.00. The molecular formula is C14H28P2. The van der Waals surface area contributed by atoms with Gasteiger partial charge in [-0.05, 0) is 37.0 Å². The first-order chi connectivity index (χ1) is 7.95. The molecule has 0 spiro atoms. The summed E-state index contributed by atoms with van der Waals surface area (Å²) in [6.07, 6.45) is 18.5. The lowest BCUT2D eigenvalue weighted by Gasteiger charge is -2.19. The first-order valence-corrected chi connectivity index (χ1v) is 10.6. The van der Waals surface area contributed by atoms with E-state index >= 15 is 0 Å². The molecule has 0 N–H and O–H groups in total. The molecule has 2 heteroatoms. The van der Waals surface area contributed by atoms with E-state index in [0.717, 1.165) is 11.3 Å². The smallest absolute Gasteiger partial charge is 0.0200 e. The minimum atomic E-state index is 1.14. The second-order valence-corrected chi connectivity index (χ2v) is 9.61. The van der Waals surface area contributed by atoms with Crippen molar-refractivity contribution in [1.82, 2.24) is 0 Å². The molecule has 0 aliphatic heterocycles. The molecule has 0 amide bonds. The van der Waals surface area contributed by atoms with E-state index in [9.17, 15) is 0 Å². The topological polar surface area (TPSA) is 0 Å². The Bertz CT molecular complexity index is 146. The highest BCUT2D eigenvalue weighted by atomic mass is 32.0. The van der Waals surface area contributed by atoms with E-state index in [-0.39, 0.29) is 0 Å². The van der Waals surface area contributed by atoms with E-state index < -0.39 is 0 Å². The van der Waals surface area contributed by atoms with Crippen molar-refractivity contribution in [3.05, 3.63) is 0 Å². The summed E-state index contributed by atoms with van der Waals surface area (Å²) >= 11 is 0. The van der Waals surface area contributed by atoms with Gasteiger partial charge in [-0.3, -0.25) is 0 Å². The molecule has 0 saturated heterocycles. The second-order valence-electron chi connectivity index (χ2n) is 5.67. The third kappa shape index (κ3) is 5.01. The molecule has 0 aromatic rings. The molecule has 2 fully saturated rings. The quantitative estimate of drug-likeness (QED) is 0.449. The van der Waals surface area contributed by atoms with E-state index in [1.807, 2.05) is 0 Å². The van der Waals surface area contributed by atoms with Crippen molar-refractivity contribution in [1.29, 1.82) is 0 Å². The zero-order valence-electron chi connectivity index (χ0n) is 10.6. The highest BCUT2D eigenvalue weighted by molar-refractivity contribution is 8.12. The summed E-state index contributed by atoms with van der Waals surface area (Å²) in [6, 6.07) is 0. The van der Waals surface area contributed by atoms with E-state index in [4.69, 9.17) is 0 Å². The minimum absolute atomic E-state index is 1.14. The molecule has 2 atom stereocenters. The summed E-state index contributed by atoms with van der Waals surface area (Å²) in [7, 11) is 2.67. The Morgan fingerprint density at radius 2 is 0.750 bits per heavy atom. The van der Waals surface area contributed by atoms with Gasteiger partial charge in [0.2, 0.25) is 0 Å². The summed E-state index contributed by atoms with van der Waals surface area (Å²) < 4.78 is 0. The van der Waals surface area contributed by atoms with Gasteiger partial charge in [-0.1, -0.05) is 67.9 Å². The summed E-state index contributed by atoms with van der Waals surface area (Å²) in [4.78, 5) is 0. The zero-order valence-corrected chi connectivity index (χ0v) is 12.6. The zero-order chi connectivity index (χ0) is 11.1. The van der Waals surface area contributed by atoms with Crippen LogP contribution in [0, 0.1) is 0 Å². The molecular weight excluding hydrogens is 230 g/mol. The van der Waals surface area contributed by atoms with Crippen LogP contribution in [0.1, 0.15) is 77.0 Å². The lowest BCUT2D eigenvalue weighted by Crippen LogP contribution is -2.00. The molecule has 0 bridgehead atoms. The highest BCUT2D eigenvalue weighted by Gasteiger charge is 2.16. The first-order valence-electron chi connectivity index (χ1n) is 7.46. The van der Waals surface area contributed by atoms with Gasteiger partial charge >= 0.3 is 0 Å². The molecule has 0 nitrogen and oxygen atoms in total. The normalized spacial score (nSPS) is 27.8. The fourth-order valence-electron chi connectivity index (χ4n) is 3.08. The van der Waals surface area contributed by atoms with Crippen LogP contribution in [0.25, 0.3) is 0 Å². The Labute approximate surface area is 105 Å². The van der Waals surface area contributed by atoms with Crippen LogP contribution in [0.4, 0.5) is 0 Å². The van der Waals surface area contributed by atoms with Crippen molar-refractivity contribution in [2.24, 2.45) is 0 Å².